The van der Waals surface area contributed by atoms with Crippen LogP contribution in [-0.4, -0.2) is 51.4 Å². The highest BCUT2D eigenvalue weighted by Gasteiger charge is 2.32. The summed E-state index contributed by atoms with van der Waals surface area (Å²) in [6, 6.07) is 16.8. The first kappa shape index (κ1) is 32.2. The number of anilines is 1. The lowest BCUT2D eigenvalue weighted by molar-refractivity contribution is -0.139. The van der Waals surface area contributed by atoms with Crippen LogP contribution in [0.1, 0.15) is 31.9 Å². The second-order valence-electron chi connectivity index (χ2n) is 10.1. The third-order valence-electron chi connectivity index (χ3n) is 6.44. The van der Waals surface area contributed by atoms with Crippen LogP contribution in [0, 0.1) is 12.8 Å². The molecule has 3 rings (SSSR count). The molecule has 0 fully saturated rings. The zero-order valence-corrected chi connectivity index (χ0v) is 26.1. The van der Waals surface area contributed by atoms with E-state index in [0.29, 0.717) is 33.6 Å². The van der Waals surface area contributed by atoms with Crippen molar-refractivity contribution in [2.24, 2.45) is 5.92 Å². The number of sulfonamides is 1. The number of amides is 2. The lowest BCUT2D eigenvalue weighted by Crippen LogP contribution is -2.51. The number of benzene rings is 3. The molecule has 0 aromatic heterocycles. The van der Waals surface area contributed by atoms with Crippen molar-refractivity contribution in [3.63, 3.8) is 0 Å². The Kier molecular flexibility index (Phi) is 11.1. The third-order valence-corrected chi connectivity index (χ3v) is 8.96. The third kappa shape index (κ3) is 8.38. The van der Waals surface area contributed by atoms with Gasteiger partial charge in [0.15, 0.2) is 0 Å². The molecular weight excluding hydrogens is 585 g/mol. The topological polar surface area (TPSA) is 96.0 Å². The lowest BCUT2D eigenvalue weighted by Gasteiger charge is -2.32. The predicted octanol–water partition coefficient (Wildman–Crippen LogP) is 5.70. The first-order chi connectivity index (χ1) is 19.3. The van der Waals surface area contributed by atoms with Gasteiger partial charge in [-0.05, 0) is 73.9 Å². The van der Waals surface area contributed by atoms with E-state index in [9.17, 15) is 18.0 Å². The number of carbonyl (C=O) groups excluding carboxylic acids is 2. The number of rotatable bonds is 12. The monoisotopic (exact) mass is 619 g/mol. The summed E-state index contributed by atoms with van der Waals surface area (Å²) in [6.07, 6.45) is 0. The van der Waals surface area contributed by atoms with Gasteiger partial charge in [-0.2, -0.15) is 0 Å². The van der Waals surface area contributed by atoms with E-state index < -0.39 is 28.5 Å². The quantitative estimate of drug-likeness (QED) is 0.281. The van der Waals surface area contributed by atoms with E-state index in [4.69, 9.17) is 27.9 Å². The highest BCUT2D eigenvalue weighted by molar-refractivity contribution is 7.92. The van der Waals surface area contributed by atoms with E-state index in [1.165, 1.54) is 24.1 Å². The second kappa shape index (κ2) is 14.1. The molecule has 0 unspecified atom stereocenters. The number of ether oxygens (including phenoxy) is 1. The minimum atomic E-state index is -4.18. The van der Waals surface area contributed by atoms with Gasteiger partial charge in [-0.25, -0.2) is 8.42 Å². The van der Waals surface area contributed by atoms with Crippen molar-refractivity contribution < 1.29 is 22.7 Å². The molecule has 1 N–H and O–H groups in total. The zero-order valence-electron chi connectivity index (χ0n) is 23.7. The number of nitrogens with one attached hydrogen (secondary N) is 1. The summed E-state index contributed by atoms with van der Waals surface area (Å²) in [6.45, 7) is 7.32. The molecule has 0 radical (unpaired) electrons. The van der Waals surface area contributed by atoms with E-state index in [-0.39, 0.29) is 23.3 Å². The van der Waals surface area contributed by atoms with Crippen LogP contribution in [0.5, 0.6) is 5.75 Å². The van der Waals surface area contributed by atoms with Crippen molar-refractivity contribution in [3.05, 3.63) is 87.9 Å². The van der Waals surface area contributed by atoms with Crippen LogP contribution in [0.4, 0.5) is 5.69 Å². The number of nitrogens with zero attached hydrogens (tertiary/aromatic N) is 2. The highest BCUT2D eigenvalue weighted by Crippen LogP contribution is 2.27. The predicted molar refractivity (Wildman–Crippen MR) is 163 cm³/mol. The fourth-order valence-electron chi connectivity index (χ4n) is 3.98. The molecule has 0 spiro atoms. The highest BCUT2D eigenvalue weighted by atomic mass is 35.5. The molecule has 8 nitrogen and oxygen atoms in total. The van der Waals surface area contributed by atoms with Gasteiger partial charge in [-0.3, -0.25) is 13.9 Å². The van der Waals surface area contributed by atoms with E-state index in [1.54, 1.807) is 61.5 Å². The summed E-state index contributed by atoms with van der Waals surface area (Å²) >= 11 is 12.3. The maximum Gasteiger partial charge on any atom is 0.264 e. The maximum atomic E-state index is 14.0. The fraction of sp³-hybridized carbons (Fsp3) is 0.333. The molecule has 0 aliphatic carbocycles. The molecule has 41 heavy (non-hydrogen) atoms. The Morgan fingerprint density at radius 2 is 1.56 bits per heavy atom. The normalized spacial score (nSPS) is 12.1. The first-order valence-corrected chi connectivity index (χ1v) is 15.3. The Morgan fingerprint density at radius 3 is 2.12 bits per heavy atom. The van der Waals surface area contributed by atoms with Gasteiger partial charge in [0, 0.05) is 13.1 Å². The Morgan fingerprint density at radius 1 is 0.927 bits per heavy atom. The minimum absolute atomic E-state index is 0.00886. The maximum absolute atomic E-state index is 14.0. The number of methoxy groups -OCH3 is 1. The van der Waals surface area contributed by atoms with E-state index in [0.717, 1.165) is 9.87 Å². The molecule has 2 amide bonds. The average molecular weight is 621 g/mol. The fourth-order valence-corrected chi connectivity index (χ4v) is 5.72. The standard InChI is InChI=1S/C30H35Cl2N3O5S/c1-20(2)17-33-30(37)22(4)34(18-23-8-15-27(31)28(32)16-23)29(36)19-35(24-9-6-21(3)7-10-24)41(38,39)26-13-11-25(40-5)12-14-26/h6-16,20,22H,17-19H2,1-5H3,(H,33,37)/t22-/m0/s1. The minimum Gasteiger partial charge on any atom is -0.497 e. The Hall–Kier alpha value is -3.27. The summed E-state index contributed by atoms with van der Waals surface area (Å²) in [5.41, 5.74) is 1.88. The summed E-state index contributed by atoms with van der Waals surface area (Å²) in [5.74, 6) is -0.221. The van der Waals surface area contributed by atoms with E-state index in [1.807, 2.05) is 20.8 Å². The van der Waals surface area contributed by atoms with Gasteiger partial charge in [0.2, 0.25) is 11.8 Å². The van der Waals surface area contributed by atoms with Crippen LogP contribution in [0.3, 0.4) is 0 Å². The smallest absolute Gasteiger partial charge is 0.264 e. The molecule has 0 saturated carbocycles. The Labute approximate surface area is 252 Å². The molecule has 0 bridgehead atoms. The summed E-state index contributed by atoms with van der Waals surface area (Å²) in [4.78, 5) is 28.4. The van der Waals surface area contributed by atoms with Gasteiger partial charge in [0.25, 0.3) is 10.0 Å². The summed E-state index contributed by atoms with van der Waals surface area (Å²) < 4.78 is 34.0. The molecule has 0 heterocycles. The van der Waals surface area contributed by atoms with Gasteiger partial charge in [-0.1, -0.05) is 60.8 Å². The molecular formula is C30H35Cl2N3O5S. The van der Waals surface area contributed by atoms with E-state index >= 15 is 0 Å². The molecule has 1 atom stereocenters. The van der Waals surface area contributed by atoms with Crippen LogP contribution in [0.2, 0.25) is 10.0 Å². The van der Waals surface area contributed by atoms with Crippen molar-refractivity contribution in [1.29, 1.82) is 0 Å². The largest absolute Gasteiger partial charge is 0.497 e. The second-order valence-corrected chi connectivity index (χ2v) is 12.8. The van der Waals surface area contributed by atoms with Crippen LogP contribution in [0.15, 0.2) is 71.6 Å². The van der Waals surface area contributed by atoms with Crippen LogP contribution in [0.25, 0.3) is 0 Å². The van der Waals surface area contributed by atoms with Crippen LogP contribution < -0.4 is 14.4 Å². The van der Waals surface area contributed by atoms with E-state index in [2.05, 4.69) is 5.32 Å². The van der Waals surface area contributed by atoms with Gasteiger partial charge in [0.1, 0.15) is 18.3 Å². The molecule has 0 aliphatic heterocycles. The van der Waals surface area contributed by atoms with Gasteiger partial charge >= 0.3 is 0 Å². The zero-order chi connectivity index (χ0) is 30.3. The number of aryl methyl sites for hydroxylation is 1. The van der Waals surface area contributed by atoms with Crippen LogP contribution in [-0.2, 0) is 26.2 Å². The van der Waals surface area contributed by atoms with Crippen molar-refractivity contribution in [1.82, 2.24) is 10.2 Å². The number of hydrogen-bond donors (Lipinski definition) is 1. The van der Waals surface area contributed by atoms with Crippen molar-refractivity contribution in [2.45, 2.75) is 45.2 Å². The molecule has 0 aliphatic rings. The molecule has 220 valence electrons. The number of halogens is 2. The average Bonchev–Trinajstić information content (AvgIpc) is 2.95. The SMILES string of the molecule is COc1ccc(S(=O)(=O)N(CC(=O)N(Cc2ccc(Cl)c(Cl)c2)[C@@H](C)C(=O)NCC(C)C)c2ccc(C)cc2)cc1. The van der Waals surface area contributed by atoms with Gasteiger partial charge < -0.3 is 15.0 Å². The van der Waals surface area contributed by atoms with Crippen molar-refractivity contribution >= 4 is 50.7 Å². The molecule has 3 aromatic rings. The van der Waals surface area contributed by atoms with Crippen molar-refractivity contribution in [2.75, 3.05) is 24.5 Å². The molecule has 11 heteroatoms. The summed E-state index contributed by atoms with van der Waals surface area (Å²) in [7, 11) is -2.69. The van der Waals surface area contributed by atoms with Gasteiger partial charge in [0.05, 0.1) is 27.7 Å². The molecule has 3 aromatic carbocycles. The van der Waals surface area contributed by atoms with Crippen molar-refractivity contribution in [3.8, 4) is 5.75 Å². The van der Waals surface area contributed by atoms with Gasteiger partial charge in [-0.15, -0.1) is 0 Å². The Balaban J connectivity index is 2.02. The first-order valence-electron chi connectivity index (χ1n) is 13.1. The summed E-state index contributed by atoms with van der Waals surface area (Å²) in [5, 5.41) is 3.51. The number of carbonyl (C=O) groups is 2. The van der Waals surface area contributed by atoms with Crippen LogP contribution >= 0.6 is 23.2 Å². The lowest BCUT2D eigenvalue weighted by atomic mass is 10.1. The molecule has 0 saturated heterocycles. The number of hydrogen-bond acceptors (Lipinski definition) is 5. The Bertz CT molecular complexity index is 1460.